The van der Waals surface area contributed by atoms with E-state index in [0.29, 0.717) is 6.04 Å². The molecule has 2 aliphatic rings. The minimum Gasteiger partial charge on any atom is -0.328 e. The van der Waals surface area contributed by atoms with Crippen LogP contribution in [0.4, 0.5) is 0 Å². The Morgan fingerprint density at radius 1 is 1.00 bits per heavy atom. The molecule has 2 rings (SSSR count). The van der Waals surface area contributed by atoms with Crippen LogP contribution in [0.2, 0.25) is 0 Å². The highest BCUT2D eigenvalue weighted by molar-refractivity contribution is 4.82. The molecule has 0 radical (unpaired) electrons. The molecule has 0 bridgehead atoms. The van der Waals surface area contributed by atoms with Crippen molar-refractivity contribution in [3.63, 3.8) is 0 Å². The number of rotatable bonds is 5. The summed E-state index contributed by atoms with van der Waals surface area (Å²) in [6, 6.07) is 1.38. The monoisotopic (exact) mass is 252 g/mol. The first-order chi connectivity index (χ1) is 8.65. The predicted octanol–water partition coefficient (Wildman–Crippen LogP) is 3.40. The van der Waals surface area contributed by atoms with Gasteiger partial charge in [-0.2, -0.15) is 0 Å². The maximum atomic E-state index is 6.02. The predicted molar refractivity (Wildman–Crippen MR) is 78.6 cm³/mol. The fourth-order valence-electron chi connectivity index (χ4n) is 3.81. The summed E-state index contributed by atoms with van der Waals surface area (Å²) in [5.41, 5.74) is 6.02. The van der Waals surface area contributed by atoms with Gasteiger partial charge in [0.25, 0.3) is 0 Å². The molecule has 0 spiro atoms. The molecule has 2 nitrogen and oxygen atoms in total. The zero-order valence-corrected chi connectivity index (χ0v) is 12.4. The molecule has 2 fully saturated rings. The molecule has 2 heteroatoms. The van der Waals surface area contributed by atoms with Crippen molar-refractivity contribution >= 4 is 0 Å². The van der Waals surface area contributed by atoms with Crippen molar-refractivity contribution in [3.8, 4) is 0 Å². The van der Waals surface area contributed by atoms with Crippen LogP contribution in [0.3, 0.4) is 0 Å². The first-order valence-electron chi connectivity index (χ1n) is 8.14. The zero-order valence-electron chi connectivity index (χ0n) is 12.4. The highest BCUT2D eigenvalue weighted by Crippen LogP contribution is 2.29. The van der Waals surface area contributed by atoms with Crippen LogP contribution < -0.4 is 5.73 Å². The van der Waals surface area contributed by atoms with Gasteiger partial charge in [-0.15, -0.1) is 0 Å². The lowest BCUT2D eigenvalue weighted by molar-refractivity contribution is 0.132. The van der Waals surface area contributed by atoms with Crippen LogP contribution in [0.1, 0.15) is 65.2 Å². The molecule has 106 valence electrons. The molecular formula is C16H32N2. The van der Waals surface area contributed by atoms with Crippen molar-refractivity contribution in [2.75, 3.05) is 13.1 Å². The molecule has 0 aromatic rings. The highest BCUT2D eigenvalue weighted by Gasteiger charge is 2.27. The summed E-state index contributed by atoms with van der Waals surface area (Å²) in [5, 5.41) is 0. The second kappa shape index (κ2) is 6.91. The summed E-state index contributed by atoms with van der Waals surface area (Å²) in [6.45, 7) is 7.36. The topological polar surface area (TPSA) is 29.3 Å². The highest BCUT2D eigenvalue weighted by atomic mass is 15.2. The van der Waals surface area contributed by atoms with E-state index in [1.54, 1.807) is 0 Å². The maximum Gasteiger partial charge on any atom is 0.00954 e. The van der Waals surface area contributed by atoms with E-state index >= 15 is 0 Å². The second-order valence-corrected chi connectivity index (χ2v) is 7.07. The number of hydrogen-bond donors (Lipinski definition) is 1. The smallest absolute Gasteiger partial charge is 0.00954 e. The molecular weight excluding hydrogens is 220 g/mol. The zero-order chi connectivity index (χ0) is 13.0. The normalized spacial score (nSPS) is 30.5. The first kappa shape index (κ1) is 14.3. The van der Waals surface area contributed by atoms with Crippen LogP contribution in [0, 0.1) is 11.8 Å². The summed E-state index contributed by atoms with van der Waals surface area (Å²) in [4.78, 5) is 2.82. The average molecular weight is 252 g/mol. The third-order valence-corrected chi connectivity index (χ3v) is 4.82. The molecule has 2 saturated carbocycles. The van der Waals surface area contributed by atoms with E-state index < -0.39 is 0 Å². The number of hydrogen-bond acceptors (Lipinski definition) is 2. The van der Waals surface area contributed by atoms with E-state index in [0.717, 1.165) is 17.9 Å². The van der Waals surface area contributed by atoms with Gasteiger partial charge < -0.3 is 5.73 Å². The van der Waals surface area contributed by atoms with Gasteiger partial charge in [0, 0.05) is 25.2 Å². The second-order valence-electron chi connectivity index (χ2n) is 7.07. The molecule has 0 unspecified atom stereocenters. The van der Waals surface area contributed by atoms with E-state index in [1.165, 1.54) is 64.5 Å². The Kier molecular flexibility index (Phi) is 5.50. The Morgan fingerprint density at radius 3 is 2.17 bits per heavy atom. The van der Waals surface area contributed by atoms with E-state index in [1.807, 2.05) is 0 Å². The van der Waals surface area contributed by atoms with Crippen molar-refractivity contribution in [2.45, 2.75) is 77.3 Å². The van der Waals surface area contributed by atoms with Crippen LogP contribution in [0.5, 0.6) is 0 Å². The van der Waals surface area contributed by atoms with Crippen LogP contribution in [0.15, 0.2) is 0 Å². The van der Waals surface area contributed by atoms with E-state index in [4.69, 9.17) is 5.73 Å². The number of nitrogens with two attached hydrogens (primary N) is 1. The van der Waals surface area contributed by atoms with Crippen molar-refractivity contribution in [1.29, 1.82) is 0 Å². The molecule has 2 aliphatic carbocycles. The summed E-state index contributed by atoms with van der Waals surface area (Å²) in [6.07, 6.45) is 11.0. The first-order valence-corrected chi connectivity index (χ1v) is 8.14. The molecule has 0 amide bonds. The van der Waals surface area contributed by atoms with Gasteiger partial charge in [0.2, 0.25) is 0 Å². The fourth-order valence-corrected chi connectivity index (χ4v) is 3.81. The van der Waals surface area contributed by atoms with Gasteiger partial charge in [-0.05, 0) is 50.4 Å². The van der Waals surface area contributed by atoms with Crippen LogP contribution in [-0.2, 0) is 0 Å². The fraction of sp³-hybridized carbons (Fsp3) is 1.00. The Bertz CT molecular complexity index is 225. The average Bonchev–Trinajstić information content (AvgIpc) is 2.84. The van der Waals surface area contributed by atoms with Gasteiger partial charge in [-0.25, -0.2) is 0 Å². The lowest BCUT2D eigenvalue weighted by Gasteiger charge is -2.36. The molecule has 0 saturated heterocycles. The summed E-state index contributed by atoms with van der Waals surface area (Å²) >= 11 is 0. The number of nitrogens with zero attached hydrogens (tertiary/aromatic N) is 1. The van der Waals surface area contributed by atoms with Gasteiger partial charge >= 0.3 is 0 Å². The summed E-state index contributed by atoms with van der Waals surface area (Å²) in [7, 11) is 0. The lowest BCUT2D eigenvalue weighted by Crippen LogP contribution is -2.41. The Morgan fingerprint density at radius 2 is 1.61 bits per heavy atom. The van der Waals surface area contributed by atoms with Gasteiger partial charge in [0.1, 0.15) is 0 Å². The molecule has 18 heavy (non-hydrogen) atoms. The van der Waals surface area contributed by atoms with Crippen molar-refractivity contribution in [2.24, 2.45) is 17.6 Å². The van der Waals surface area contributed by atoms with Gasteiger partial charge in [-0.1, -0.05) is 26.7 Å². The molecule has 0 aliphatic heterocycles. The minimum atomic E-state index is 0.492. The summed E-state index contributed by atoms with van der Waals surface area (Å²) in [5.74, 6) is 1.72. The van der Waals surface area contributed by atoms with E-state index in [9.17, 15) is 0 Å². The Balaban J connectivity index is 1.83. The Hall–Kier alpha value is -0.0800. The van der Waals surface area contributed by atoms with Gasteiger partial charge in [0.15, 0.2) is 0 Å². The summed E-state index contributed by atoms with van der Waals surface area (Å²) < 4.78 is 0. The van der Waals surface area contributed by atoms with Crippen molar-refractivity contribution in [3.05, 3.63) is 0 Å². The van der Waals surface area contributed by atoms with E-state index in [-0.39, 0.29) is 0 Å². The maximum absolute atomic E-state index is 6.02. The standard InChI is InChI=1S/C16H32N2/c1-13(2)11-18(16-5-3-4-6-16)12-14-7-9-15(17)10-8-14/h13-16H,3-12,17H2,1-2H3. The molecule has 0 atom stereocenters. The largest absolute Gasteiger partial charge is 0.328 e. The molecule has 0 aromatic carbocycles. The van der Waals surface area contributed by atoms with Crippen molar-refractivity contribution in [1.82, 2.24) is 4.90 Å². The molecule has 0 heterocycles. The molecule has 2 N–H and O–H groups in total. The quantitative estimate of drug-likeness (QED) is 0.812. The van der Waals surface area contributed by atoms with Gasteiger partial charge in [-0.3, -0.25) is 4.90 Å². The SMILES string of the molecule is CC(C)CN(CC1CCC(N)CC1)C1CCCC1. The third kappa shape index (κ3) is 4.24. The van der Waals surface area contributed by atoms with E-state index in [2.05, 4.69) is 18.7 Å². The van der Waals surface area contributed by atoms with Crippen LogP contribution >= 0.6 is 0 Å². The molecule has 0 aromatic heterocycles. The van der Waals surface area contributed by atoms with Crippen LogP contribution in [0.25, 0.3) is 0 Å². The van der Waals surface area contributed by atoms with Gasteiger partial charge in [0.05, 0.1) is 0 Å². The third-order valence-electron chi connectivity index (χ3n) is 4.82. The minimum absolute atomic E-state index is 0.492. The van der Waals surface area contributed by atoms with Crippen molar-refractivity contribution < 1.29 is 0 Å². The lowest BCUT2D eigenvalue weighted by atomic mass is 9.85. The Labute approximate surface area is 113 Å². The van der Waals surface area contributed by atoms with Crippen LogP contribution in [-0.4, -0.2) is 30.1 Å².